The van der Waals surface area contributed by atoms with E-state index in [2.05, 4.69) is 25.9 Å². The maximum Gasteiger partial charge on any atom is 0.159 e. The van der Waals surface area contributed by atoms with Crippen LogP contribution in [0.5, 0.6) is 0 Å². The van der Waals surface area contributed by atoms with Gasteiger partial charge in [-0.05, 0) is 25.1 Å². The molecule has 0 bridgehead atoms. The Bertz CT molecular complexity index is 898. The molecule has 0 amide bonds. The van der Waals surface area contributed by atoms with Gasteiger partial charge in [0.1, 0.15) is 5.15 Å². The number of nitrogens with zero attached hydrogens (tertiary/aromatic N) is 5. The fourth-order valence-corrected chi connectivity index (χ4v) is 3.32. The second kappa shape index (κ2) is 6.86. The maximum absolute atomic E-state index is 6.27. The van der Waals surface area contributed by atoms with Crippen LogP contribution in [0.15, 0.2) is 42.9 Å². The zero-order valence-corrected chi connectivity index (χ0v) is 14.7. The summed E-state index contributed by atoms with van der Waals surface area (Å²) in [6.45, 7) is 4.52. The maximum atomic E-state index is 6.27. The molecule has 0 aliphatic carbocycles. The summed E-state index contributed by atoms with van der Waals surface area (Å²) >= 11 is 6.27. The van der Waals surface area contributed by atoms with E-state index in [9.17, 15) is 0 Å². The van der Waals surface area contributed by atoms with E-state index in [1.807, 2.05) is 31.3 Å². The SMILES string of the molecule is Cc1ccc(CN2CCc3nc(-c4ccncc4)ncc3C2)c(Cl)n1. The topological polar surface area (TPSA) is 54.8 Å². The van der Waals surface area contributed by atoms with Crippen LogP contribution in [0.25, 0.3) is 11.4 Å². The van der Waals surface area contributed by atoms with Crippen molar-refractivity contribution in [1.29, 1.82) is 0 Å². The molecule has 1 aliphatic heterocycles. The summed E-state index contributed by atoms with van der Waals surface area (Å²) in [4.78, 5) is 20.0. The summed E-state index contributed by atoms with van der Waals surface area (Å²) in [6.07, 6.45) is 6.38. The predicted molar refractivity (Wildman–Crippen MR) is 97.1 cm³/mol. The first-order valence-electron chi connectivity index (χ1n) is 8.28. The monoisotopic (exact) mass is 351 g/mol. The minimum absolute atomic E-state index is 0.593. The largest absolute Gasteiger partial charge is 0.294 e. The molecule has 4 rings (SSSR count). The predicted octanol–water partition coefficient (Wildman–Crippen LogP) is 3.45. The Morgan fingerprint density at radius 2 is 1.96 bits per heavy atom. The van der Waals surface area contributed by atoms with Crippen LogP contribution in [0.3, 0.4) is 0 Å². The molecule has 0 saturated heterocycles. The lowest BCUT2D eigenvalue weighted by molar-refractivity contribution is 0.242. The van der Waals surface area contributed by atoms with Gasteiger partial charge in [-0.3, -0.25) is 9.88 Å². The molecule has 0 unspecified atom stereocenters. The Balaban J connectivity index is 1.52. The van der Waals surface area contributed by atoms with E-state index >= 15 is 0 Å². The van der Waals surface area contributed by atoms with E-state index < -0.39 is 0 Å². The summed E-state index contributed by atoms with van der Waals surface area (Å²) < 4.78 is 0. The van der Waals surface area contributed by atoms with Crippen LogP contribution in [0.4, 0.5) is 0 Å². The normalized spacial score (nSPS) is 14.3. The molecule has 25 heavy (non-hydrogen) atoms. The molecule has 0 aromatic carbocycles. The number of pyridine rings is 2. The first-order valence-corrected chi connectivity index (χ1v) is 8.66. The van der Waals surface area contributed by atoms with E-state index in [-0.39, 0.29) is 0 Å². The summed E-state index contributed by atoms with van der Waals surface area (Å²) in [5, 5.41) is 0.593. The number of hydrogen-bond acceptors (Lipinski definition) is 5. The van der Waals surface area contributed by atoms with Crippen LogP contribution in [0.1, 0.15) is 22.5 Å². The molecule has 1 aliphatic rings. The third-order valence-electron chi connectivity index (χ3n) is 4.41. The molecule has 3 aromatic heterocycles. The van der Waals surface area contributed by atoms with Crippen LogP contribution in [-0.2, 0) is 19.5 Å². The Hall–Kier alpha value is -2.37. The third-order valence-corrected chi connectivity index (χ3v) is 4.74. The molecule has 0 spiro atoms. The van der Waals surface area contributed by atoms with Crippen molar-refractivity contribution in [3.05, 3.63) is 70.5 Å². The van der Waals surface area contributed by atoms with Gasteiger partial charge in [-0.1, -0.05) is 17.7 Å². The molecule has 0 radical (unpaired) electrons. The third kappa shape index (κ3) is 3.52. The standard InChI is InChI=1S/C19H18ClN5/c1-13-2-3-15(18(20)23-13)11-25-9-6-17-16(12-25)10-22-19(24-17)14-4-7-21-8-5-14/h2-5,7-8,10H,6,9,11-12H2,1H3. The van der Waals surface area contributed by atoms with E-state index in [0.717, 1.165) is 54.4 Å². The Morgan fingerprint density at radius 1 is 1.12 bits per heavy atom. The smallest absolute Gasteiger partial charge is 0.159 e. The zero-order chi connectivity index (χ0) is 17.2. The summed E-state index contributed by atoms with van der Waals surface area (Å²) in [7, 11) is 0. The van der Waals surface area contributed by atoms with Gasteiger partial charge >= 0.3 is 0 Å². The number of fused-ring (bicyclic) bond motifs is 1. The lowest BCUT2D eigenvalue weighted by atomic mass is 10.1. The molecular weight excluding hydrogens is 334 g/mol. The zero-order valence-electron chi connectivity index (χ0n) is 14.0. The number of rotatable bonds is 3. The van der Waals surface area contributed by atoms with Crippen molar-refractivity contribution in [3.8, 4) is 11.4 Å². The molecule has 3 aromatic rings. The van der Waals surface area contributed by atoms with Gasteiger partial charge in [0.05, 0.1) is 5.69 Å². The van der Waals surface area contributed by atoms with Gasteiger partial charge in [0.2, 0.25) is 0 Å². The van der Waals surface area contributed by atoms with Crippen molar-refractivity contribution in [2.75, 3.05) is 6.54 Å². The van der Waals surface area contributed by atoms with Crippen molar-refractivity contribution in [2.24, 2.45) is 0 Å². The van der Waals surface area contributed by atoms with E-state index in [1.165, 1.54) is 5.56 Å². The van der Waals surface area contributed by atoms with E-state index in [1.54, 1.807) is 12.4 Å². The van der Waals surface area contributed by atoms with Crippen molar-refractivity contribution < 1.29 is 0 Å². The highest BCUT2D eigenvalue weighted by Crippen LogP contribution is 2.23. The fraction of sp³-hybridized carbons (Fsp3) is 0.263. The Morgan fingerprint density at radius 3 is 2.76 bits per heavy atom. The van der Waals surface area contributed by atoms with Gasteiger partial charge in [0.15, 0.2) is 5.82 Å². The highest BCUT2D eigenvalue weighted by molar-refractivity contribution is 6.30. The quantitative estimate of drug-likeness (QED) is 0.676. The molecule has 5 nitrogen and oxygen atoms in total. The first-order chi connectivity index (χ1) is 12.2. The van der Waals surface area contributed by atoms with E-state index in [0.29, 0.717) is 5.15 Å². The minimum Gasteiger partial charge on any atom is -0.294 e. The van der Waals surface area contributed by atoms with Gasteiger partial charge in [0.25, 0.3) is 0 Å². The summed E-state index contributed by atoms with van der Waals surface area (Å²) in [5.74, 6) is 0.764. The fourth-order valence-electron chi connectivity index (χ4n) is 3.06. The van der Waals surface area contributed by atoms with Crippen LogP contribution < -0.4 is 0 Å². The Labute approximate surface area is 151 Å². The van der Waals surface area contributed by atoms with Gasteiger partial charge in [0, 0.05) is 67.0 Å². The number of hydrogen-bond donors (Lipinski definition) is 0. The van der Waals surface area contributed by atoms with Crippen LogP contribution in [-0.4, -0.2) is 31.4 Å². The number of aromatic nitrogens is 4. The number of halogens is 1. The lowest BCUT2D eigenvalue weighted by Gasteiger charge is -2.28. The lowest BCUT2D eigenvalue weighted by Crippen LogP contribution is -2.31. The van der Waals surface area contributed by atoms with Crippen molar-refractivity contribution in [3.63, 3.8) is 0 Å². The van der Waals surface area contributed by atoms with Crippen molar-refractivity contribution in [1.82, 2.24) is 24.8 Å². The van der Waals surface area contributed by atoms with Crippen molar-refractivity contribution in [2.45, 2.75) is 26.4 Å². The molecule has 4 heterocycles. The molecule has 0 fully saturated rings. The van der Waals surface area contributed by atoms with Gasteiger partial charge in [-0.2, -0.15) is 0 Å². The van der Waals surface area contributed by atoms with Crippen LogP contribution in [0, 0.1) is 6.92 Å². The van der Waals surface area contributed by atoms with Gasteiger partial charge in [-0.15, -0.1) is 0 Å². The van der Waals surface area contributed by atoms with Crippen molar-refractivity contribution >= 4 is 11.6 Å². The van der Waals surface area contributed by atoms with E-state index in [4.69, 9.17) is 16.6 Å². The van der Waals surface area contributed by atoms with Crippen LogP contribution in [0.2, 0.25) is 5.15 Å². The first kappa shape index (κ1) is 16.1. The van der Waals surface area contributed by atoms with Gasteiger partial charge in [-0.25, -0.2) is 15.0 Å². The summed E-state index contributed by atoms with van der Waals surface area (Å²) in [6, 6.07) is 7.93. The second-order valence-corrected chi connectivity index (χ2v) is 6.62. The molecule has 0 saturated carbocycles. The van der Waals surface area contributed by atoms with Gasteiger partial charge < -0.3 is 0 Å². The molecule has 0 atom stereocenters. The summed E-state index contributed by atoms with van der Waals surface area (Å²) in [5.41, 5.74) is 5.31. The number of aryl methyl sites for hydroxylation is 1. The average molecular weight is 352 g/mol. The van der Waals surface area contributed by atoms with Crippen LogP contribution >= 0.6 is 11.6 Å². The molecule has 126 valence electrons. The molecule has 0 N–H and O–H groups in total. The minimum atomic E-state index is 0.593. The second-order valence-electron chi connectivity index (χ2n) is 6.26. The molecule has 6 heteroatoms. The Kier molecular flexibility index (Phi) is 4.42. The highest BCUT2D eigenvalue weighted by atomic mass is 35.5. The molecular formula is C19H18ClN5. The average Bonchev–Trinajstić information content (AvgIpc) is 2.64. The highest BCUT2D eigenvalue weighted by Gasteiger charge is 2.19.